The number of halogens is 1. The topological polar surface area (TPSA) is 9.23 Å². The van der Waals surface area contributed by atoms with Crippen LogP contribution in [-0.2, 0) is 0 Å². The van der Waals surface area contributed by atoms with Gasteiger partial charge in [-0.1, -0.05) is 43.0 Å². The number of hydrogen-bond acceptors (Lipinski definition) is 1. The van der Waals surface area contributed by atoms with E-state index < -0.39 is 0 Å². The van der Waals surface area contributed by atoms with Crippen molar-refractivity contribution in [3.63, 3.8) is 0 Å². The van der Waals surface area contributed by atoms with Crippen LogP contribution in [0.4, 0.5) is 0 Å². The molecule has 1 fully saturated rings. The predicted octanol–water partition coefficient (Wildman–Crippen LogP) is 1.41. The number of ether oxygens (including phenoxy) is 1. The van der Waals surface area contributed by atoms with Crippen molar-refractivity contribution in [3.05, 3.63) is 55.1 Å². The third-order valence-corrected chi connectivity index (χ3v) is 4.85. The zero-order valence-electron chi connectivity index (χ0n) is 13.7. The molecule has 2 nitrogen and oxygen atoms in total. The highest BCUT2D eigenvalue weighted by molar-refractivity contribution is 5.88. The van der Waals surface area contributed by atoms with Crippen LogP contribution in [0.15, 0.2) is 55.1 Å². The van der Waals surface area contributed by atoms with Gasteiger partial charge in [0, 0.05) is 5.39 Å². The highest BCUT2D eigenvalue weighted by atomic mass is 79.9. The normalized spacial score (nSPS) is 16.5. The maximum Gasteiger partial charge on any atom is 0.137 e. The second-order valence-electron chi connectivity index (χ2n) is 6.37. The van der Waals surface area contributed by atoms with Crippen molar-refractivity contribution < 1.29 is 26.2 Å². The summed E-state index contributed by atoms with van der Waals surface area (Å²) in [7, 11) is 0. The molecule has 0 aromatic heterocycles. The number of quaternary nitrogens is 1. The lowest BCUT2D eigenvalue weighted by Crippen LogP contribution is -3.00. The standard InChI is InChI=1S/C20H26NO.BrH/c1-2-13-21(14-6-3-7-15-21)16-17-22-20-12-8-10-18-9-4-5-11-19(18)20;/h2,4-5,8-12H,1,3,6-7,13-17H2;1H/q+1;/p-1. The van der Waals surface area contributed by atoms with Gasteiger partial charge < -0.3 is 26.2 Å². The number of piperidine rings is 1. The van der Waals surface area contributed by atoms with Gasteiger partial charge >= 0.3 is 0 Å². The first-order chi connectivity index (χ1) is 10.8. The zero-order chi connectivity index (χ0) is 15.3. The average molecular weight is 376 g/mol. The van der Waals surface area contributed by atoms with Gasteiger partial charge in [0.05, 0.1) is 19.6 Å². The third-order valence-electron chi connectivity index (χ3n) is 4.85. The van der Waals surface area contributed by atoms with E-state index in [2.05, 4.69) is 55.1 Å². The Morgan fingerprint density at radius 3 is 2.52 bits per heavy atom. The first kappa shape index (κ1) is 18.0. The third kappa shape index (κ3) is 4.36. The Morgan fingerprint density at radius 1 is 1.00 bits per heavy atom. The molecule has 1 aliphatic heterocycles. The first-order valence-electron chi connectivity index (χ1n) is 8.40. The van der Waals surface area contributed by atoms with Gasteiger partial charge in [-0.2, -0.15) is 0 Å². The van der Waals surface area contributed by atoms with Crippen LogP contribution in [0.3, 0.4) is 0 Å². The molecule has 1 saturated heterocycles. The van der Waals surface area contributed by atoms with Crippen molar-refractivity contribution in [1.29, 1.82) is 0 Å². The minimum absolute atomic E-state index is 0. The van der Waals surface area contributed by atoms with Gasteiger partial charge in [-0.15, -0.1) is 0 Å². The molecular weight excluding hydrogens is 350 g/mol. The fourth-order valence-corrected chi connectivity index (χ4v) is 3.63. The highest BCUT2D eigenvalue weighted by Crippen LogP contribution is 2.25. The SMILES string of the molecule is C=CC[N+]1(CCOc2cccc3ccccc23)CCCCC1.[Br-]. The number of nitrogens with zero attached hydrogens (tertiary/aromatic N) is 1. The minimum atomic E-state index is 0. The molecule has 0 atom stereocenters. The summed E-state index contributed by atoms with van der Waals surface area (Å²) >= 11 is 0. The van der Waals surface area contributed by atoms with Gasteiger partial charge in [0.1, 0.15) is 18.9 Å². The van der Waals surface area contributed by atoms with Crippen molar-refractivity contribution in [2.45, 2.75) is 19.3 Å². The van der Waals surface area contributed by atoms with E-state index in [-0.39, 0.29) is 17.0 Å². The van der Waals surface area contributed by atoms with Crippen LogP contribution >= 0.6 is 0 Å². The lowest BCUT2D eigenvalue weighted by Gasteiger charge is -2.40. The van der Waals surface area contributed by atoms with E-state index >= 15 is 0 Å². The van der Waals surface area contributed by atoms with Crippen molar-refractivity contribution in [2.75, 3.05) is 32.8 Å². The van der Waals surface area contributed by atoms with Gasteiger partial charge in [-0.05, 0) is 36.8 Å². The molecule has 124 valence electrons. The predicted molar refractivity (Wildman–Crippen MR) is 93.2 cm³/mol. The number of likely N-dealkylation sites (tertiary alicyclic amines) is 1. The monoisotopic (exact) mass is 375 g/mol. The van der Waals surface area contributed by atoms with Crippen molar-refractivity contribution in [2.24, 2.45) is 0 Å². The summed E-state index contributed by atoms with van der Waals surface area (Å²) in [5.74, 6) is 1.01. The molecule has 0 amide bonds. The maximum atomic E-state index is 6.14. The van der Waals surface area contributed by atoms with Crippen LogP contribution in [0, 0.1) is 0 Å². The summed E-state index contributed by atoms with van der Waals surface area (Å²) in [5, 5.41) is 2.45. The molecule has 23 heavy (non-hydrogen) atoms. The Bertz CT molecular complexity index is 629. The number of rotatable bonds is 6. The second kappa shape index (κ2) is 8.51. The average Bonchev–Trinajstić information content (AvgIpc) is 2.56. The Morgan fingerprint density at radius 2 is 1.74 bits per heavy atom. The Labute approximate surface area is 150 Å². The molecule has 1 heterocycles. The van der Waals surface area contributed by atoms with Crippen LogP contribution < -0.4 is 21.7 Å². The van der Waals surface area contributed by atoms with Gasteiger partial charge in [-0.3, -0.25) is 0 Å². The number of benzene rings is 2. The summed E-state index contributed by atoms with van der Waals surface area (Å²) in [6.07, 6.45) is 6.12. The molecule has 3 heteroatoms. The Kier molecular flexibility index (Phi) is 6.67. The minimum Gasteiger partial charge on any atom is -1.00 e. The molecule has 0 N–H and O–H groups in total. The summed E-state index contributed by atoms with van der Waals surface area (Å²) in [4.78, 5) is 0. The van der Waals surface area contributed by atoms with Crippen molar-refractivity contribution in [3.8, 4) is 5.75 Å². The van der Waals surface area contributed by atoms with Crippen molar-refractivity contribution >= 4 is 10.8 Å². The number of fused-ring (bicyclic) bond motifs is 1. The van der Waals surface area contributed by atoms with E-state index in [9.17, 15) is 0 Å². The lowest BCUT2D eigenvalue weighted by atomic mass is 10.1. The summed E-state index contributed by atoms with van der Waals surface area (Å²) < 4.78 is 7.29. The zero-order valence-corrected chi connectivity index (χ0v) is 15.3. The molecule has 0 spiro atoms. The molecule has 0 bridgehead atoms. The smallest absolute Gasteiger partial charge is 0.137 e. The quantitative estimate of drug-likeness (QED) is 0.547. The maximum absolute atomic E-state index is 6.14. The lowest BCUT2D eigenvalue weighted by molar-refractivity contribution is -0.927. The van der Waals surface area contributed by atoms with E-state index in [0.717, 1.165) is 29.9 Å². The molecule has 0 radical (unpaired) electrons. The Hall–Kier alpha value is -1.32. The molecule has 0 aliphatic carbocycles. The van der Waals surface area contributed by atoms with Crippen LogP contribution in [0.2, 0.25) is 0 Å². The second-order valence-corrected chi connectivity index (χ2v) is 6.37. The van der Waals surface area contributed by atoms with E-state index in [1.807, 2.05) is 0 Å². The molecule has 2 aromatic carbocycles. The van der Waals surface area contributed by atoms with Crippen LogP contribution in [0.5, 0.6) is 5.75 Å². The first-order valence-corrected chi connectivity index (χ1v) is 8.40. The molecule has 1 aliphatic rings. The van der Waals surface area contributed by atoms with Gasteiger partial charge in [-0.25, -0.2) is 0 Å². The fourth-order valence-electron chi connectivity index (χ4n) is 3.63. The summed E-state index contributed by atoms with van der Waals surface area (Å²) in [6, 6.07) is 14.7. The molecule has 0 unspecified atom stereocenters. The summed E-state index contributed by atoms with van der Waals surface area (Å²) in [5.41, 5.74) is 0. The van der Waals surface area contributed by atoms with Crippen LogP contribution in [0.1, 0.15) is 19.3 Å². The van der Waals surface area contributed by atoms with Gasteiger partial charge in [0.15, 0.2) is 0 Å². The van der Waals surface area contributed by atoms with Crippen molar-refractivity contribution in [1.82, 2.24) is 0 Å². The Balaban J connectivity index is 0.00000192. The van der Waals surface area contributed by atoms with Crippen LogP contribution in [-0.4, -0.2) is 37.3 Å². The van der Waals surface area contributed by atoms with Crippen LogP contribution in [0.25, 0.3) is 10.8 Å². The highest BCUT2D eigenvalue weighted by Gasteiger charge is 2.28. The van der Waals surface area contributed by atoms with E-state index in [1.165, 1.54) is 43.1 Å². The fraction of sp³-hybridized carbons (Fsp3) is 0.400. The molecule has 3 rings (SSSR count). The molecule has 2 aromatic rings. The summed E-state index contributed by atoms with van der Waals surface area (Å²) in [6.45, 7) is 9.41. The van der Waals surface area contributed by atoms with Gasteiger partial charge in [0.25, 0.3) is 0 Å². The number of hydrogen-bond donors (Lipinski definition) is 0. The largest absolute Gasteiger partial charge is 1.00 e. The van der Waals surface area contributed by atoms with E-state index in [4.69, 9.17) is 4.74 Å². The molecular formula is C20H26BrNO. The van der Waals surface area contributed by atoms with E-state index in [1.54, 1.807) is 0 Å². The van der Waals surface area contributed by atoms with Gasteiger partial charge in [0.2, 0.25) is 0 Å². The molecule has 0 saturated carbocycles. The van der Waals surface area contributed by atoms with E-state index in [0.29, 0.717) is 0 Å².